The number of likely N-dealkylation sites (N-methyl/N-ethyl adjacent to an activating group) is 1. The first-order valence-corrected chi connectivity index (χ1v) is 6.49. The van der Waals surface area contributed by atoms with Gasteiger partial charge in [-0.2, -0.15) is 0 Å². The summed E-state index contributed by atoms with van der Waals surface area (Å²) in [5.41, 5.74) is 0. The summed E-state index contributed by atoms with van der Waals surface area (Å²) in [4.78, 5) is 2.31. The molecule has 0 aliphatic rings. The summed E-state index contributed by atoms with van der Waals surface area (Å²) < 4.78 is 5.55. The van der Waals surface area contributed by atoms with Gasteiger partial charge in [-0.25, -0.2) is 0 Å². The predicted molar refractivity (Wildman–Crippen MR) is 70.9 cm³/mol. The minimum Gasteiger partial charge on any atom is -0.380 e. The van der Waals surface area contributed by atoms with Crippen LogP contribution in [-0.4, -0.2) is 51.3 Å². The van der Waals surface area contributed by atoms with E-state index in [4.69, 9.17) is 4.74 Å². The van der Waals surface area contributed by atoms with Gasteiger partial charge in [-0.1, -0.05) is 27.7 Å². The smallest absolute Gasteiger partial charge is 0.0593 e. The van der Waals surface area contributed by atoms with Crippen LogP contribution >= 0.6 is 0 Å². The zero-order chi connectivity index (χ0) is 12.4. The Hall–Kier alpha value is -0.120. The van der Waals surface area contributed by atoms with Crippen molar-refractivity contribution in [2.24, 2.45) is 11.8 Å². The number of hydrogen-bond donors (Lipinski definition) is 1. The van der Waals surface area contributed by atoms with Gasteiger partial charge in [0.15, 0.2) is 0 Å². The second kappa shape index (κ2) is 10.1. The van der Waals surface area contributed by atoms with Gasteiger partial charge < -0.3 is 15.0 Å². The van der Waals surface area contributed by atoms with Gasteiger partial charge in [0.1, 0.15) is 0 Å². The molecule has 0 aromatic heterocycles. The molecule has 0 spiro atoms. The number of rotatable bonds is 10. The molecule has 0 aromatic carbocycles. The molecule has 0 rings (SSSR count). The number of hydrogen-bond acceptors (Lipinski definition) is 3. The fraction of sp³-hybridized carbons (Fsp3) is 1.00. The van der Waals surface area contributed by atoms with Crippen LogP contribution in [0.3, 0.4) is 0 Å². The molecule has 0 amide bonds. The minimum atomic E-state index is 0.637. The van der Waals surface area contributed by atoms with E-state index in [1.165, 1.54) is 0 Å². The highest BCUT2D eigenvalue weighted by atomic mass is 16.5. The molecule has 0 atom stereocenters. The van der Waals surface area contributed by atoms with Crippen molar-refractivity contribution in [3.8, 4) is 0 Å². The van der Waals surface area contributed by atoms with Crippen molar-refractivity contribution >= 4 is 0 Å². The maximum atomic E-state index is 5.55. The molecule has 3 heteroatoms. The molecule has 16 heavy (non-hydrogen) atoms. The van der Waals surface area contributed by atoms with E-state index < -0.39 is 0 Å². The molecule has 0 aromatic rings. The predicted octanol–water partition coefficient (Wildman–Crippen LogP) is 1.84. The van der Waals surface area contributed by atoms with Crippen LogP contribution in [0.1, 0.15) is 27.7 Å². The van der Waals surface area contributed by atoms with Gasteiger partial charge in [-0.05, 0) is 25.4 Å². The van der Waals surface area contributed by atoms with Crippen LogP contribution in [0.25, 0.3) is 0 Å². The maximum absolute atomic E-state index is 5.55. The van der Waals surface area contributed by atoms with Crippen LogP contribution in [0.15, 0.2) is 0 Å². The average Bonchev–Trinajstić information content (AvgIpc) is 2.19. The second-order valence-electron chi connectivity index (χ2n) is 5.37. The van der Waals surface area contributed by atoms with E-state index in [1.54, 1.807) is 0 Å². The van der Waals surface area contributed by atoms with Gasteiger partial charge >= 0.3 is 0 Å². The SMILES string of the molecule is CC(C)CNCCN(C)CCOCC(C)C. The summed E-state index contributed by atoms with van der Waals surface area (Å²) in [6.45, 7) is 14.8. The van der Waals surface area contributed by atoms with Gasteiger partial charge in [0, 0.05) is 26.2 Å². The topological polar surface area (TPSA) is 24.5 Å². The summed E-state index contributed by atoms with van der Waals surface area (Å²) in [6.07, 6.45) is 0. The normalized spacial score (nSPS) is 12.0. The van der Waals surface area contributed by atoms with Crippen LogP contribution in [0.4, 0.5) is 0 Å². The Morgan fingerprint density at radius 2 is 1.75 bits per heavy atom. The standard InChI is InChI=1S/C13H30N2O/c1-12(2)10-14-6-7-15(5)8-9-16-11-13(3)4/h12-14H,6-11H2,1-5H3. The van der Waals surface area contributed by atoms with Crippen molar-refractivity contribution in [1.82, 2.24) is 10.2 Å². The Morgan fingerprint density at radius 3 is 2.31 bits per heavy atom. The van der Waals surface area contributed by atoms with Crippen molar-refractivity contribution in [3.05, 3.63) is 0 Å². The minimum absolute atomic E-state index is 0.637. The molecule has 0 saturated heterocycles. The molecule has 0 aliphatic heterocycles. The third-order valence-electron chi connectivity index (χ3n) is 2.29. The highest BCUT2D eigenvalue weighted by Gasteiger charge is 1.99. The number of ether oxygens (including phenoxy) is 1. The van der Waals surface area contributed by atoms with Crippen molar-refractivity contribution in [2.75, 3.05) is 46.4 Å². The van der Waals surface area contributed by atoms with E-state index in [1.807, 2.05) is 0 Å². The molecule has 0 radical (unpaired) electrons. The van der Waals surface area contributed by atoms with Crippen molar-refractivity contribution < 1.29 is 4.74 Å². The Morgan fingerprint density at radius 1 is 1.06 bits per heavy atom. The van der Waals surface area contributed by atoms with Crippen molar-refractivity contribution in [3.63, 3.8) is 0 Å². The third-order valence-corrected chi connectivity index (χ3v) is 2.29. The molecular weight excluding hydrogens is 200 g/mol. The molecule has 1 N–H and O–H groups in total. The van der Waals surface area contributed by atoms with Crippen molar-refractivity contribution in [1.29, 1.82) is 0 Å². The fourth-order valence-electron chi connectivity index (χ4n) is 1.31. The highest BCUT2D eigenvalue weighted by Crippen LogP contribution is 1.92. The van der Waals surface area contributed by atoms with Gasteiger partial charge in [0.2, 0.25) is 0 Å². The van der Waals surface area contributed by atoms with E-state index in [0.29, 0.717) is 5.92 Å². The summed E-state index contributed by atoms with van der Waals surface area (Å²) in [5, 5.41) is 3.44. The average molecular weight is 230 g/mol. The van der Waals surface area contributed by atoms with Crippen LogP contribution in [0, 0.1) is 11.8 Å². The third kappa shape index (κ3) is 12.0. The monoisotopic (exact) mass is 230 g/mol. The quantitative estimate of drug-likeness (QED) is 0.580. The lowest BCUT2D eigenvalue weighted by molar-refractivity contribution is 0.0917. The van der Waals surface area contributed by atoms with Gasteiger partial charge in [-0.3, -0.25) is 0 Å². The lowest BCUT2D eigenvalue weighted by Crippen LogP contribution is -2.33. The zero-order valence-corrected chi connectivity index (χ0v) is 11.8. The Balaban J connectivity index is 3.21. The summed E-state index contributed by atoms with van der Waals surface area (Å²) in [7, 11) is 2.15. The van der Waals surface area contributed by atoms with Gasteiger partial charge in [0.25, 0.3) is 0 Å². The lowest BCUT2D eigenvalue weighted by Gasteiger charge is -2.17. The Kier molecular flexibility index (Phi) is 9.99. The Labute approximate surface area is 102 Å². The molecule has 3 nitrogen and oxygen atoms in total. The number of nitrogens with one attached hydrogen (secondary N) is 1. The van der Waals surface area contributed by atoms with Crippen LogP contribution < -0.4 is 5.32 Å². The van der Waals surface area contributed by atoms with Crippen molar-refractivity contribution in [2.45, 2.75) is 27.7 Å². The molecule has 0 saturated carbocycles. The summed E-state index contributed by atoms with van der Waals surface area (Å²) in [5.74, 6) is 1.37. The largest absolute Gasteiger partial charge is 0.380 e. The Bertz CT molecular complexity index is 133. The number of nitrogens with zero attached hydrogens (tertiary/aromatic N) is 1. The lowest BCUT2D eigenvalue weighted by atomic mass is 10.2. The van der Waals surface area contributed by atoms with E-state index in [2.05, 4.69) is 45.0 Å². The highest BCUT2D eigenvalue weighted by molar-refractivity contribution is 4.56. The summed E-state index contributed by atoms with van der Waals surface area (Å²) in [6, 6.07) is 0. The molecule has 0 aliphatic carbocycles. The van der Waals surface area contributed by atoms with E-state index in [-0.39, 0.29) is 0 Å². The van der Waals surface area contributed by atoms with Crippen LogP contribution in [0.5, 0.6) is 0 Å². The van der Waals surface area contributed by atoms with Gasteiger partial charge in [-0.15, -0.1) is 0 Å². The summed E-state index contributed by atoms with van der Waals surface area (Å²) >= 11 is 0. The first-order valence-electron chi connectivity index (χ1n) is 6.49. The fourth-order valence-corrected chi connectivity index (χ4v) is 1.31. The molecule has 0 bridgehead atoms. The van der Waals surface area contributed by atoms with E-state index in [9.17, 15) is 0 Å². The second-order valence-corrected chi connectivity index (χ2v) is 5.37. The molecule has 98 valence electrons. The maximum Gasteiger partial charge on any atom is 0.0593 e. The molecule has 0 unspecified atom stereocenters. The van der Waals surface area contributed by atoms with Crippen LogP contribution in [0.2, 0.25) is 0 Å². The van der Waals surface area contributed by atoms with E-state index >= 15 is 0 Å². The molecular formula is C13H30N2O. The van der Waals surface area contributed by atoms with E-state index in [0.717, 1.165) is 45.3 Å². The first-order chi connectivity index (χ1) is 7.52. The molecule has 0 fully saturated rings. The van der Waals surface area contributed by atoms with Crippen LogP contribution in [-0.2, 0) is 4.74 Å². The zero-order valence-electron chi connectivity index (χ0n) is 11.8. The van der Waals surface area contributed by atoms with Gasteiger partial charge in [0.05, 0.1) is 6.61 Å². The first kappa shape index (κ1) is 15.9. The molecule has 0 heterocycles.